The Balaban J connectivity index is 1.68. The van der Waals surface area contributed by atoms with Crippen molar-refractivity contribution >= 4 is 41.1 Å². The van der Waals surface area contributed by atoms with E-state index in [9.17, 15) is 9.59 Å². The van der Waals surface area contributed by atoms with E-state index in [-0.39, 0.29) is 11.8 Å². The van der Waals surface area contributed by atoms with Gasteiger partial charge in [0.1, 0.15) is 11.4 Å². The van der Waals surface area contributed by atoms with E-state index in [1.165, 1.54) is 11.9 Å². The summed E-state index contributed by atoms with van der Waals surface area (Å²) in [6.07, 6.45) is 0. The molecule has 6 nitrogen and oxygen atoms in total. The molecule has 136 valence electrons. The van der Waals surface area contributed by atoms with Crippen LogP contribution in [-0.4, -0.2) is 23.2 Å². The second-order valence-electron chi connectivity index (χ2n) is 6.05. The van der Waals surface area contributed by atoms with Crippen molar-refractivity contribution in [1.29, 1.82) is 0 Å². The van der Waals surface area contributed by atoms with Crippen LogP contribution < -0.4 is 20.9 Å². The molecular weight excluding hydrogens is 372 g/mol. The summed E-state index contributed by atoms with van der Waals surface area (Å²) in [6, 6.07) is 11.9. The number of hydrogen-bond acceptors (Lipinski definition) is 5. The lowest BCUT2D eigenvalue weighted by Gasteiger charge is -2.19. The first-order chi connectivity index (χ1) is 12.4. The van der Waals surface area contributed by atoms with Gasteiger partial charge in [-0.05, 0) is 61.2 Å². The van der Waals surface area contributed by atoms with Gasteiger partial charge in [-0.2, -0.15) is 4.83 Å². The SMILES string of the molecule is Cc1ccc(C)c(NC(=O)C2NNSC2NC(=O)c2cccc(Cl)c2)c1. The molecule has 1 fully saturated rings. The molecule has 1 heterocycles. The first-order valence-electron chi connectivity index (χ1n) is 8.05. The first kappa shape index (κ1) is 18.7. The average Bonchev–Trinajstić information content (AvgIpc) is 3.06. The summed E-state index contributed by atoms with van der Waals surface area (Å²) < 4.78 is 0. The minimum Gasteiger partial charge on any atom is -0.337 e. The van der Waals surface area contributed by atoms with Crippen LogP contribution in [0.4, 0.5) is 5.69 Å². The summed E-state index contributed by atoms with van der Waals surface area (Å²) in [5, 5.41) is 5.78. The average molecular weight is 391 g/mol. The Bertz CT molecular complexity index is 846. The van der Waals surface area contributed by atoms with Crippen molar-refractivity contribution in [2.75, 3.05) is 5.32 Å². The standard InChI is InChI=1S/C18H19ClN4O2S/c1-10-6-7-11(2)14(8-10)20-17(25)15-18(26-23-22-15)21-16(24)12-4-3-5-13(19)9-12/h3-9,15,18,22-23H,1-2H3,(H,20,25)(H,21,24). The summed E-state index contributed by atoms with van der Waals surface area (Å²) in [5.41, 5.74) is 6.12. The number of aryl methyl sites for hydroxylation is 2. The molecule has 0 aromatic heterocycles. The molecule has 0 saturated carbocycles. The van der Waals surface area contributed by atoms with Crippen molar-refractivity contribution in [3.63, 3.8) is 0 Å². The zero-order valence-electron chi connectivity index (χ0n) is 14.3. The van der Waals surface area contributed by atoms with Crippen molar-refractivity contribution < 1.29 is 9.59 Å². The predicted molar refractivity (Wildman–Crippen MR) is 105 cm³/mol. The number of benzene rings is 2. The molecule has 2 aromatic carbocycles. The maximum atomic E-state index is 12.7. The molecule has 8 heteroatoms. The minimum atomic E-state index is -0.622. The number of halogens is 1. The van der Waals surface area contributed by atoms with Crippen molar-refractivity contribution in [3.05, 3.63) is 64.2 Å². The molecule has 26 heavy (non-hydrogen) atoms. The normalized spacial score (nSPS) is 19.2. The number of carbonyl (C=O) groups excluding carboxylic acids is 2. The molecule has 0 aliphatic carbocycles. The van der Waals surface area contributed by atoms with Crippen molar-refractivity contribution in [1.82, 2.24) is 15.6 Å². The first-order valence-corrected chi connectivity index (χ1v) is 9.30. The Kier molecular flexibility index (Phi) is 5.83. The van der Waals surface area contributed by atoms with Crippen LogP contribution in [0, 0.1) is 13.8 Å². The van der Waals surface area contributed by atoms with E-state index in [2.05, 4.69) is 20.9 Å². The number of hydrogen-bond donors (Lipinski definition) is 4. The fourth-order valence-electron chi connectivity index (χ4n) is 2.54. The van der Waals surface area contributed by atoms with Crippen LogP contribution in [-0.2, 0) is 4.79 Å². The number of carbonyl (C=O) groups is 2. The summed E-state index contributed by atoms with van der Waals surface area (Å²) in [7, 11) is 0. The van der Waals surface area contributed by atoms with Crippen LogP contribution in [0.3, 0.4) is 0 Å². The second kappa shape index (κ2) is 8.09. The van der Waals surface area contributed by atoms with E-state index >= 15 is 0 Å². The fraction of sp³-hybridized carbons (Fsp3) is 0.222. The van der Waals surface area contributed by atoms with Crippen LogP contribution >= 0.6 is 23.5 Å². The third-order valence-corrected chi connectivity index (χ3v) is 5.11. The molecule has 4 N–H and O–H groups in total. The molecule has 2 aromatic rings. The number of nitrogens with one attached hydrogen (secondary N) is 4. The monoisotopic (exact) mass is 390 g/mol. The number of rotatable bonds is 4. The highest BCUT2D eigenvalue weighted by Crippen LogP contribution is 2.20. The fourth-order valence-corrected chi connectivity index (χ4v) is 3.55. The number of anilines is 1. The summed E-state index contributed by atoms with van der Waals surface area (Å²) in [5.74, 6) is -0.521. The van der Waals surface area contributed by atoms with E-state index in [4.69, 9.17) is 11.6 Å². The summed E-state index contributed by atoms with van der Waals surface area (Å²) in [6.45, 7) is 3.90. The molecule has 2 amide bonds. The van der Waals surface area contributed by atoms with Gasteiger partial charge in [-0.25, -0.2) is 5.43 Å². The largest absolute Gasteiger partial charge is 0.337 e. The number of hydrazine groups is 1. The third kappa shape index (κ3) is 4.37. The maximum absolute atomic E-state index is 12.7. The molecule has 2 unspecified atom stereocenters. The molecule has 1 aliphatic heterocycles. The highest BCUT2D eigenvalue weighted by atomic mass is 35.5. The summed E-state index contributed by atoms with van der Waals surface area (Å²) in [4.78, 5) is 27.9. The van der Waals surface area contributed by atoms with Gasteiger partial charge in [0.15, 0.2) is 0 Å². The van der Waals surface area contributed by atoms with Gasteiger partial charge in [-0.3, -0.25) is 9.59 Å². The maximum Gasteiger partial charge on any atom is 0.252 e. The van der Waals surface area contributed by atoms with Gasteiger partial charge < -0.3 is 10.6 Å². The van der Waals surface area contributed by atoms with Crippen LogP contribution in [0.2, 0.25) is 5.02 Å². The lowest BCUT2D eigenvalue weighted by molar-refractivity contribution is -0.118. The van der Waals surface area contributed by atoms with E-state index < -0.39 is 11.4 Å². The quantitative estimate of drug-likeness (QED) is 0.603. The molecule has 2 atom stereocenters. The van der Waals surface area contributed by atoms with Crippen LogP contribution in [0.5, 0.6) is 0 Å². The predicted octanol–water partition coefficient (Wildman–Crippen LogP) is 2.78. The molecule has 3 rings (SSSR count). The van der Waals surface area contributed by atoms with E-state index in [0.717, 1.165) is 16.8 Å². The summed E-state index contributed by atoms with van der Waals surface area (Å²) >= 11 is 7.17. The van der Waals surface area contributed by atoms with E-state index in [0.29, 0.717) is 10.6 Å². The minimum absolute atomic E-state index is 0.229. The van der Waals surface area contributed by atoms with Gasteiger partial charge in [0.2, 0.25) is 5.91 Å². The van der Waals surface area contributed by atoms with Crippen LogP contribution in [0.25, 0.3) is 0 Å². The van der Waals surface area contributed by atoms with Crippen LogP contribution in [0.15, 0.2) is 42.5 Å². The van der Waals surface area contributed by atoms with Gasteiger partial charge >= 0.3 is 0 Å². The molecular formula is C18H19ClN4O2S. The highest BCUT2D eigenvalue weighted by molar-refractivity contribution is 7.98. The van der Waals surface area contributed by atoms with Crippen LogP contribution in [0.1, 0.15) is 21.5 Å². The third-order valence-electron chi connectivity index (χ3n) is 4.00. The van der Waals surface area contributed by atoms with Crippen molar-refractivity contribution in [3.8, 4) is 0 Å². The highest BCUT2D eigenvalue weighted by Gasteiger charge is 2.35. The van der Waals surface area contributed by atoms with Gasteiger partial charge in [-0.1, -0.05) is 29.8 Å². The topological polar surface area (TPSA) is 82.3 Å². The van der Waals surface area contributed by atoms with Gasteiger partial charge in [-0.15, -0.1) is 0 Å². The Morgan fingerprint density at radius 2 is 1.96 bits per heavy atom. The Morgan fingerprint density at radius 1 is 1.15 bits per heavy atom. The second-order valence-corrected chi connectivity index (χ2v) is 7.44. The molecule has 0 radical (unpaired) electrons. The Labute approximate surface area is 161 Å². The number of amides is 2. The molecule has 0 spiro atoms. The van der Waals surface area contributed by atoms with E-state index in [1.54, 1.807) is 24.3 Å². The zero-order valence-corrected chi connectivity index (χ0v) is 15.9. The van der Waals surface area contributed by atoms with Gasteiger partial charge in [0.05, 0.1) is 0 Å². The lowest BCUT2D eigenvalue weighted by Crippen LogP contribution is -2.50. The van der Waals surface area contributed by atoms with Gasteiger partial charge in [0.25, 0.3) is 5.91 Å². The Morgan fingerprint density at radius 3 is 2.73 bits per heavy atom. The van der Waals surface area contributed by atoms with E-state index in [1.807, 2.05) is 32.0 Å². The zero-order chi connectivity index (χ0) is 18.7. The molecule has 1 aliphatic rings. The van der Waals surface area contributed by atoms with Gasteiger partial charge in [0, 0.05) is 16.3 Å². The molecule has 1 saturated heterocycles. The van der Waals surface area contributed by atoms with Crippen molar-refractivity contribution in [2.24, 2.45) is 0 Å². The lowest BCUT2D eigenvalue weighted by atomic mass is 10.1. The van der Waals surface area contributed by atoms with Crippen molar-refractivity contribution in [2.45, 2.75) is 25.3 Å². The molecule has 0 bridgehead atoms. The Hall–Kier alpha value is -2.06. The smallest absolute Gasteiger partial charge is 0.252 e.